The molecule has 0 spiro atoms. The van der Waals surface area contributed by atoms with Crippen LogP contribution >= 0.6 is 0 Å². The van der Waals surface area contributed by atoms with E-state index >= 15 is 0 Å². The number of allylic oxidation sites excluding steroid dienone is 1. The molecular weight excluding hydrogens is 388 g/mol. The molecule has 3 aromatic rings. The molecule has 0 fully saturated rings. The van der Waals surface area contributed by atoms with Crippen molar-refractivity contribution in [2.75, 3.05) is 10.3 Å². The van der Waals surface area contributed by atoms with Crippen LogP contribution in [0.2, 0.25) is 0 Å². The Morgan fingerprint density at radius 3 is 2.77 bits per heavy atom. The summed E-state index contributed by atoms with van der Waals surface area (Å²) < 4.78 is 0. The molecule has 1 aliphatic rings. The van der Waals surface area contributed by atoms with E-state index in [0.29, 0.717) is 12.4 Å². The van der Waals surface area contributed by atoms with Crippen LogP contribution in [0.1, 0.15) is 22.3 Å². The fraction of sp³-hybridized carbons (Fsp3) is 0.125. The smallest absolute Gasteiger partial charge is 0.319 e. The second kappa shape index (κ2) is 8.71. The van der Waals surface area contributed by atoms with Crippen molar-refractivity contribution in [2.45, 2.75) is 20.4 Å². The monoisotopic (exact) mass is 412 g/mol. The Kier molecular flexibility index (Phi) is 5.66. The number of pyridine rings is 2. The van der Waals surface area contributed by atoms with E-state index in [0.717, 1.165) is 33.6 Å². The van der Waals surface area contributed by atoms with Crippen LogP contribution in [0.15, 0.2) is 79.5 Å². The molecule has 0 unspecified atom stereocenters. The van der Waals surface area contributed by atoms with Crippen LogP contribution in [0.5, 0.6) is 0 Å². The van der Waals surface area contributed by atoms with Gasteiger partial charge in [0.15, 0.2) is 5.82 Å². The molecule has 7 heteroatoms. The summed E-state index contributed by atoms with van der Waals surface area (Å²) >= 11 is 0. The minimum Gasteiger partial charge on any atom is -0.334 e. The Hall–Kier alpha value is -4.13. The largest absolute Gasteiger partial charge is 0.334 e. The predicted octanol–water partition coefficient (Wildman–Crippen LogP) is 4.29. The van der Waals surface area contributed by atoms with Crippen molar-refractivity contribution in [1.82, 2.24) is 20.7 Å². The lowest BCUT2D eigenvalue weighted by Gasteiger charge is -2.20. The van der Waals surface area contributed by atoms with Gasteiger partial charge >= 0.3 is 6.03 Å². The zero-order chi connectivity index (χ0) is 21.8. The van der Waals surface area contributed by atoms with Gasteiger partial charge in [0.1, 0.15) is 0 Å². The van der Waals surface area contributed by atoms with Crippen molar-refractivity contribution in [2.24, 2.45) is 0 Å². The Morgan fingerprint density at radius 1 is 1.13 bits per heavy atom. The highest BCUT2D eigenvalue weighted by molar-refractivity contribution is 5.89. The summed E-state index contributed by atoms with van der Waals surface area (Å²) in [6.45, 7) is 8.61. The highest BCUT2D eigenvalue weighted by Crippen LogP contribution is 2.30. The first-order valence-corrected chi connectivity index (χ1v) is 9.94. The van der Waals surface area contributed by atoms with E-state index in [2.05, 4.69) is 32.6 Å². The molecular formula is C24H24N6O. The van der Waals surface area contributed by atoms with E-state index in [4.69, 9.17) is 0 Å². The normalized spacial score (nSPS) is 12.9. The second-order valence-corrected chi connectivity index (χ2v) is 7.34. The van der Waals surface area contributed by atoms with E-state index in [9.17, 15) is 4.79 Å². The van der Waals surface area contributed by atoms with Crippen LogP contribution in [0, 0.1) is 13.8 Å². The molecule has 0 saturated heterocycles. The number of anilines is 2. The van der Waals surface area contributed by atoms with Gasteiger partial charge in [0.2, 0.25) is 0 Å². The first-order valence-electron chi connectivity index (χ1n) is 9.94. The van der Waals surface area contributed by atoms with E-state index in [1.165, 1.54) is 5.56 Å². The quantitative estimate of drug-likeness (QED) is 0.582. The zero-order valence-corrected chi connectivity index (χ0v) is 17.5. The molecule has 0 aliphatic carbocycles. The van der Waals surface area contributed by atoms with Gasteiger partial charge < -0.3 is 10.6 Å². The topological polar surface area (TPSA) is 82.2 Å². The molecule has 3 heterocycles. The minimum atomic E-state index is -0.258. The third-order valence-electron chi connectivity index (χ3n) is 5.15. The number of amides is 2. The van der Waals surface area contributed by atoms with Gasteiger partial charge in [-0.15, -0.1) is 0 Å². The molecule has 156 valence electrons. The lowest BCUT2D eigenvalue weighted by atomic mass is 10.1. The molecule has 1 aliphatic heterocycles. The summed E-state index contributed by atoms with van der Waals surface area (Å²) in [4.78, 5) is 20.9. The molecule has 0 atom stereocenters. The van der Waals surface area contributed by atoms with Crippen LogP contribution in [-0.2, 0) is 6.54 Å². The summed E-state index contributed by atoms with van der Waals surface area (Å²) in [5.74, 6) is 0.689. The lowest BCUT2D eigenvalue weighted by Crippen LogP contribution is -2.30. The van der Waals surface area contributed by atoms with E-state index < -0.39 is 0 Å². The molecule has 0 saturated carbocycles. The van der Waals surface area contributed by atoms with Crippen molar-refractivity contribution in [1.29, 1.82) is 0 Å². The van der Waals surface area contributed by atoms with Crippen molar-refractivity contribution in [3.8, 4) is 0 Å². The molecule has 3 N–H and O–H groups in total. The van der Waals surface area contributed by atoms with Gasteiger partial charge in [0, 0.05) is 48.2 Å². The minimum absolute atomic E-state index is 0.258. The number of aromatic nitrogens is 2. The Labute approximate surface area is 181 Å². The van der Waals surface area contributed by atoms with Crippen LogP contribution < -0.4 is 21.1 Å². The van der Waals surface area contributed by atoms with Gasteiger partial charge in [-0.25, -0.2) is 14.8 Å². The van der Waals surface area contributed by atoms with Gasteiger partial charge in [-0.1, -0.05) is 18.7 Å². The summed E-state index contributed by atoms with van der Waals surface area (Å²) in [6.07, 6.45) is 7.12. The van der Waals surface area contributed by atoms with Gasteiger partial charge in [-0.05, 0) is 60.9 Å². The number of urea groups is 1. The molecule has 2 amide bonds. The van der Waals surface area contributed by atoms with E-state index in [1.807, 2.05) is 62.5 Å². The van der Waals surface area contributed by atoms with Gasteiger partial charge in [-0.3, -0.25) is 10.4 Å². The highest BCUT2D eigenvalue weighted by atomic mass is 16.2. The number of nitrogens with zero attached hydrogens (tertiary/aromatic N) is 3. The Morgan fingerprint density at radius 2 is 2.00 bits per heavy atom. The van der Waals surface area contributed by atoms with Gasteiger partial charge in [0.05, 0.1) is 5.70 Å². The number of hydrazine groups is 1. The molecule has 7 nitrogen and oxygen atoms in total. The van der Waals surface area contributed by atoms with E-state index in [-0.39, 0.29) is 6.03 Å². The first kappa shape index (κ1) is 20.2. The third kappa shape index (κ3) is 4.56. The molecule has 2 aromatic heterocycles. The number of benzene rings is 1. The van der Waals surface area contributed by atoms with Crippen LogP contribution in [0.25, 0.3) is 5.57 Å². The number of nitrogens with one attached hydrogen (secondary N) is 3. The zero-order valence-electron chi connectivity index (χ0n) is 17.5. The molecule has 1 aromatic carbocycles. The number of hydrogen-bond acceptors (Lipinski definition) is 5. The fourth-order valence-electron chi connectivity index (χ4n) is 3.26. The Balaban J connectivity index is 1.38. The van der Waals surface area contributed by atoms with Gasteiger partial charge in [-0.2, -0.15) is 0 Å². The maximum atomic E-state index is 12.3. The van der Waals surface area contributed by atoms with Crippen molar-refractivity contribution in [3.63, 3.8) is 0 Å². The SMILES string of the molecule is C=C1C(c2cccnc2)=CNN1c1cc(CNC(=O)Nc2ccc(C)c(C)c2)ccn1. The number of carbonyl (C=O) groups is 1. The standard InChI is InChI=1S/C24H24N6O/c1-16-6-7-21(11-17(16)2)29-24(31)27-13-19-8-10-26-23(12-19)30-18(3)22(15-28-30)20-5-4-9-25-14-20/h4-12,14-15,28H,3,13H2,1-2H3,(H2,27,29,31). The van der Waals surface area contributed by atoms with Crippen molar-refractivity contribution < 1.29 is 4.79 Å². The highest BCUT2D eigenvalue weighted by Gasteiger charge is 2.22. The fourth-order valence-corrected chi connectivity index (χ4v) is 3.26. The summed E-state index contributed by atoms with van der Waals surface area (Å²) in [5, 5.41) is 7.56. The lowest BCUT2D eigenvalue weighted by molar-refractivity contribution is 0.251. The summed E-state index contributed by atoms with van der Waals surface area (Å²) in [5.41, 5.74) is 9.90. The van der Waals surface area contributed by atoms with Crippen molar-refractivity contribution in [3.05, 3.63) is 102 Å². The number of aryl methyl sites for hydroxylation is 2. The van der Waals surface area contributed by atoms with Crippen LogP contribution in [-0.4, -0.2) is 16.0 Å². The molecule has 31 heavy (non-hydrogen) atoms. The average molecular weight is 412 g/mol. The van der Waals surface area contributed by atoms with Crippen LogP contribution in [0.3, 0.4) is 0 Å². The number of carbonyl (C=O) groups excluding carboxylic acids is 1. The number of rotatable bonds is 5. The van der Waals surface area contributed by atoms with Crippen LogP contribution in [0.4, 0.5) is 16.3 Å². The van der Waals surface area contributed by atoms with E-state index in [1.54, 1.807) is 23.6 Å². The van der Waals surface area contributed by atoms with Crippen molar-refractivity contribution >= 4 is 23.1 Å². The summed E-state index contributed by atoms with van der Waals surface area (Å²) in [6, 6.07) is 13.2. The second-order valence-electron chi connectivity index (χ2n) is 7.34. The maximum absolute atomic E-state index is 12.3. The Bertz CT molecular complexity index is 1160. The molecule has 0 bridgehead atoms. The third-order valence-corrected chi connectivity index (χ3v) is 5.15. The average Bonchev–Trinajstić information content (AvgIpc) is 3.17. The first-order chi connectivity index (χ1) is 15.0. The maximum Gasteiger partial charge on any atom is 0.319 e. The number of hydrogen-bond donors (Lipinski definition) is 3. The molecule has 0 radical (unpaired) electrons. The summed E-state index contributed by atoms with van der Waals surface area (Å²) in [7, 11) is 0. The molecule has 4 rings (SSSR count). The van der Waals surface area contributed by atoms with Gasteiger partial charge in [0.25, 0.3) is 0 Å². The predicted molar refractivity (Wildman–Crippen MR) is 123 cm³/mol.